The summed E-state index contributed by atoms with van der Waals surface area (Å²) in [6.45, 7) is 2.08. The van der Waals surface area contributed by atoms with Gasteiger partial charge in [0, 0.05) is 5.41 Å². The molecule has 0 radical (unpaired) electrons. The second-order valence-electron chi connectivity index (χ2n) is 7.20. The molecule has 0 N–H and O–H groups in total. The van der Waals surface area contributed by atoms with Gasteiger partial charge in [-0.25, -0.2) is 0 Å². The molecule has 0 aliphatic heterocycles. The monoisotopic (exact) mass is 235 g/mol. The van der Waals surface area contributed by atoms with Crippen molar-refractivity contribution in [1.29, 1.82) is 0 Å². The lowest BCUT2D eigenvalue weighted by Gasteiger charge is -2.56. The third-order valence-electron chi connectivity index (χ3n) is 5.71. The fourth-order valence-electron chi connectivity index (χ4n) is 5.09. The van der Waals surface area contributed by atoms with Crippen LogP contribution in [-0.2, 0) is 4.79 Å². The fraction of sp³-hybridized carbons (Fsp3) is 0.933. The molecule has 4 aliphatic rings. The minimum Gasteiger partial charge on any atom is -0.300 e. The van der Waals surface area contributed by atoms with E-state index >= 15 is 0 Å². The molecule has 4 bridgehead atoms. The molecule has 17 heavy (non-hydrogen) atoms. The van der Waals surface area contributed by atoms with Gasteiger partial charge in [-0.2, -0.15) is 0 Å². The third kappa shape index (κ3) is 1.76. The van der Waals surface area contributed by atoms with Crippen LogP contribution in [0.4, 0.5) is 0 Å². The lowest BCUT2D eigenvalue weighted by molar-refractivity contribution is -0.148. The Morgan fingerprint density at radius 2 is 1.47 bits per heavy atom. The van der Waals surface area contributed by atoms with Crippen molar-refractivity contribution in [3.05, 3.63) is 0 Å². The first-order valence-electron chi connectivity index (χ1n) is 7.21. The number of carbonyl (C=O) groups excluding carboxylic acids is 1. The van der Waals surface area contributed by atoms with E-state index in [0.717, 1.165) is 17.8 Å². The van der Waals surface area contributed by atoms with Crippen LogP contribution in [0.5, 0.6) is 0 Å². The molecular formula is C15H25NO. The van der Waals surface area contributed by atoms with Crippen LogP contribution in [-0.4, -0.2) is 30.8 Å². The van der Waals surface area contributed by atoms with Gasteiger partial charge < -0.3 is 0 Å². The molecule has 96 valence electrons. The average molecular weight is 235 g/mol. The molecule has 0 heterocycles. The van der Waals surface area contributed by atoms with Crippen LogP contribution in [0.2, 0.25) is 0 Å². The van der Waals surface area contributed by atoms with Crippen LogP contribution in [0, 0.1) is 23.2 Å². The lowest BCUT2D eigenvalue weighted by Crippen LogP contribution is -2.54. The molecule has 0 saturated heterocycles. The third-order valence-corrected chi connectivity index (χ3v) is 5.71. The zero-order chi connectivity index (χ0) is 12.2. The predicted molar refractivity (Wildman–Crippen MR) is 68.8 cm³/mol. The first-order chi connectivity index (χ1) is 8.00. The molecule has 4 saturated carbocycles. The van der Waals surface area contributed by atoms with E-state index in [1.165, 1.54) is 38.5 Å². The Morgan fingerprint density at radius 3 is 1.82 bits per heavy atom. The summed E-state index contributed by atoms with van der Waals surface area (Å²) in [6, 6.07) is 0.103. The molecule has 4 fully saturated rings. The second-order valence-corrected chi connectivity index (χ2v) is 7.20. The minimum atomic E-state index is 0.0818. The molecule has 0 aromatic carbocycles. The maximum Gasteiger partial charge on any atom is 0.155 e. The van der Waals surface area contributed by atoms with Gasteiger partial charge in [0.25, 0.3) is 0 Å². The van der Waals surface area contributed by atoms with Crippen molar-refractivity contribution in [1.82, 2.24) is 4.90 Å². The van der Waals surface area contributed by atoms with Gasteiger partial charge in [0.15, 0.2) is 5.78 Å². The first kappa shape index (κ1) is 11.7. The van der Waals surface area contributed by atoms with Crippen LogP contribution in [0.1, 0.15) is 45.4 Å². The summed E-state index contributed by atoms with van der Waals surface area (Å²) in [7, 11) is 4.06. The maximum absolute atomic E-state index is 12.8. The van der Waals surface area contributed by atoms with Crippen molar-refractivity contribution in [3.8, 4) is 0 Å². The zero-order valence-electron chi connectivity index (χ0n) is 11.4. The molecule has 0 amide bonds. The Bertz CT molecular complexity index is 299. The number of ketones is 1. The predicted octanol–water partition coefficient (Wildman–Crippen LogP) is 2.72. The van der Waals surface area contributed by atoms with Crippen LogP contribution in [0.3, 0.4) is 0 Å². The molecule has 4 aliphatic carbocycles. The number of hydrogen-bond acceptors (Lipinski definition) is 2. The molecule has 0 aromatic heterocycles. The second kappa shape index (κ2) is 3.81. The fourth-order valence-corrected chi connectivity index (χ4v) is 5.09. The smallest absolute Gasteiger partial charge is 0.155 e. The van der Waals surface area contributed by atoms with E-state index in [9.17, 15) is 4.79 Å². The van der Waals surface area contributed by atoms with Crippen molar-refractivity contribution in [2.45, 2.75) is 51.5 Å². The van der Waals surface area contributed by atoms with Gasteiger partial charge >= 0.3 is 0 Å². The van der Waals surface area contributed by atoms with Gasteiger partial charge in [0.05, 0.1) is 6.04 Å². The highest BCUT2D eigenvalue weighted by Crippen LogP contribution is 2.60. The van der Waals surface area contributed by atoms with Gasteiger partial charge in [-0.15, -0.1) is 0 Å². The lowest BCUT2D eigenvalue weighted by atomic mass is 9.48. The number of hydrogen-bond donors (Lipinski definition) is 0. The van der Waals surface area contributed by atoms with Crippen molar-refractivity contribution < 1.29 is 4.79 Å². The standard InChI is InChI=1S/C15H25NO/c1-10(16(2)3)14(17)15-7-11-4-12(8-15)6-13(5-11)9-15/h10-13H,4-9H2,1-3H3/t10-,11?,12?,13?,15?/m0/s1. The summed E-state index contributed by atoms with van der Waals surface area (Å²) in [5, 5.41) is 0. The van der Waals surface area contributed by atoms with Crippen molar-refractivity contribution >= 4 is 5.78 Å². The zero-order valence-corrected chi connectivity index (χ0v) is 11.4. The van der Waals surface area contributed by atoms with E-state index < -0.39 is 0 Å². The largest absolute Gasteiger partial charge is 0.300 e. The Hall–Kier alpha value is -0.370. The van der Waals surface area contributed by atoms with Gasteiger partial charge in [-0.3, -0.25) is 9.69 Å². The van der Waals surface area contributed by atoms with E-state index in [0.29, 0.717) is 5.78 Å². The molecule has 0 aromatic rings. The van der Waals surface area contributed by atoms with Crippen LogP contribution < -0.4 is 0 Å². The summed E-state index contributed by atoms with van der Waals surface area (Å²) in [5.41, 5.74) is 0.0818. The number of nitrogens with zero attached hydrogens (tertiary/aromatic N) is 1. The Kier molecular flexibility index (Phi) is 2.62. The minimum absolute atomic E-state index is 0.0818. The Morgan fingerprint density at radius 1 is 1.06 bits per heavy atom. The summed E-state index contributed by atoms with van der Waals surface area (Å²) in [4.78, 5) is 14.9. The quantitative estimate of drug-likeness (QED) is 0.749. The molecule has 0 unspecified atom stereocenters. The number of Topliss-reactive ketones (excluding diaryl/α,β-unsaturated/α-hetero) is 1. The van der Waals surface area contributed by atoms with Crippen LogP contribution in [0.15, 0.2) is 0 Å². The highest BCUT2D eigenvalue weighted by atomic mass is 16.1. The molecular weight excluding hydrogens is 210 g/mol. The molecule has 2 heteroatoms. The summed E-state index contributed by atoms with van der Waals surface area (Å²) in [6.07, 6.45) is 7.87. The number of rotatable bonds is 3. The Labute approximate surface area is 105 Å². The van der Waals surface area contributed by atoms with Gasteiger partial charge in [-0.05, 0) is 77.3 Å². The van der Waals surface area contributed by atoms with E-state index in [1.807, 2.05) is 14.1 Å². The molecule has 1 atom stereocenters. The van der Waals surface area contributed by atoms with E-state index in [2.05, 4.69) is 11.8 Å². The van der Waals surface area contributed by atoms with Gasteiger partial charge in [0.2, 0.25) is 0 Å². The highest BCUT2D eigenvalue weighted by Gasteiger charge is 2.55. The van der Waals surface area contributed by atoms with Crippen molar-refractivity contribution in [3.63, 3.8) is 0 Å². The SMILES string of the molecule is C[C@@H](C(=O)C12CC3CC(CC(C3)C1)C2)N(C)C. The summed E-state index contributed by atoms with van der Waals surface area (Å²) >= 11 is 0. The average Bonchev–Trinajstić information content (AvgIpc) is 2.25. The topological polar surface area (TPSA) is 20.3 Å². The van der Waals surface area contributed by atoms with Crippen LogP contribution >= 0.6 is 0 Å². The normalized spacial score (nSPS) is 45.3. The van der Waals surface area contributed by atoms with E-state index in [4.69, 9.17) is 0 Å². The maximum atomic E-state index is 12.8. The number of carbonyl (C=O) groups is 1. The van der Waals surface area contributed by atoms with Crippen LogP contribution in [0.25, 0.3) is 0 Å². The first-order valence-corrected chi connectivity index (χ1v) is 7.21. The molecule has 0 spiro atoms. The molecule has 4 rings (SSSR count). The van der Waals surface area contributed by atoms with Gasteiger partial charge in [-0.1, -0.05) is 0 Å². The van der Waals surface area contributed by atoms with Crippen molar-refractivity contribution in [2.75, 3.05) is 14.1 Å². The molecule has 2 nitrogen and oxygen atoms in total. The highest BCUT2D eigenvalue weighted by molar-refractivity contribution is 5.89. The Balaban J connectivity index is 1.84. The summed E-state index contributed by atoms with van der Waals surface area (Å²) in [5.74, 6) is 3.17. The van der Waals surface area contributed by atoms with Gasteiger partial charge in [0.1, 0.15) is 0 Å². The summed E-state index contributed by atoms with van der Waals surface area (Å²) < 4.78 is 0. The van der Waals surface area contributed by atoms with Crippen molar-refractivity contribution in [2.24, 2.45) is 23.2 Å². The van der Waals surface area contributed by atoms with E-state index in [1.54, 1.807) is 0 Å². The number of likely N-dealkylation sites (N-methyl/N-ethyl adjacent to an activating group) is 1. The van der Waals surface area contributed by atoms with E-state index in [-0.39, 0.29) is 11.5 Å².